The number of hydrogen-bond donors (Lipinski definition) is 2. The largest absolute Gasteiger partial charge is 0.352 e. The average molecular weight is 248 g/mol. The van der Waals surface area contributed by atoms with Gasteiger partial charge < -0.3 is 11.1 Å². The summed E-state index contributed by atoms with van der Waals surface area (Å²) in [5.41, 5.74) is 7.19. The van der Waals surface area contributed by atoms with E-state index in [0.717, 1.165) is 12.0 Å². The Morgan fingerprint density at radius 2 is 2.33 bits per heavy atom. The van der Waals surface area contributed by atoms with Gasteiger partial charge in [-0.3, -0.25) is 9.48 Å². The molecule has 0 saturated heterocycles. The number of hydrogen-bond acceptors (Lipinski definition) is 3. The standard InChI is InChI=1S/C13H20N4O/c1-17-7-8(6-16-17)5-15-13(18)11-9-2-3-10(4-9)12(11)14/h6-7,9-12H,2-5,14H2,1H3,(H,15,18). The Kier molecular flexibility index (Phi) is 2.86. The lowest BCUT2D eigenvalue weighted by atomic mass is 9.84. The second kappa shape index (κ2) is 4.39. The van der Waals surface area contributed by atoms with Crippen LogP contribution in [0.5, 0.6) is 0 Å². The zero-order valence-electron chi connectivity index (χ0n) is 10.7. The van der Waals surface area contributed by atoms with Crippen LogP contribution in [0.1, 0.15) is 24.8 Å². The van der Waals surface area contributed by atoms with E-state index in [1.807, 2.05) is 13.2 Å². The highest BCUT2D eigenvalue weighted by Gasteiger charge is 2.48. The molecule has 2 fully saturated rings. The van der Waals surface area contributed by atoms with Gasteiger partial charge in [-0.2, -0.15) is 5.10 Å². The molecule has 0 aromatic carbocycles. The second-order valence-electron chi connectivity index (χ2n) is 5.68. The van der Waals surface area contributed by atoms with Gasteiger partial charge in [-0.1, -0.05) is 0 Å². The Labute approximate surface area is 107 Å². The predicted molar refractivity (Wildman–Crippen MR) is 67.4 cm³/mol. The number of carbonyl (C=O) groups excluding carboxylic acids is 1. The van der Waals surface area contributed by atoms with Crippen molar-refractivity contribution in [1.29, 1.82) is 0 Å². The van der Waals surface area contributed by atoms with E-state index in [2.05, 4.69) is 10.4 Å². The number of carbonyl (C=O) groups is 1. The van der Waals surface area contributed by atoms with Crippen molar-refractivity contribution in [2.24, 2.45) is 30.5 Å². The Morgan fingerprint density at radius 3 is 2.94 bits per heavy atom. The van der Waals surface area contributed by atoms with Gasteiger partial charge in [0.15, 0.2) is 0 Å². The van der Waals surface area contributed by atoms with Crippen LogP contribution in [0.2, 0.25) is 0 Å². The molecule has 3 rings (SSSR count). The summed E-state index contributed by atoms with van der Waals surface area (Å²) in [5, 5.41) is 7.08. The highest BCUT2D eigenvalue weighted by molar-refractivity contribution is 5.80. The zero-order valence-corrected chi connectivity index (χ0v) is 10.7. The van der Waals surface area contributed by atoms with E-state index < -0.39 is 0 Å². The van der Waals surface area contributed by atoms with Gasteiger partial charge in [-0.25, -0.2) is 0 Å². The summed E-state index contributed by atoms with van der Waals surface area (Å²) < 4.78 is 1.74. The van der Waals surface area contributed by atoms with E-state index in [1.54, 1.807) is 10.9 Å². The van der Waals surface area contributed by atoms with Crippen molar-refractivity contribution >= 4 is 5.91 Å². The quantitative estimate of drug-likeness (QED) is 0.813. The lowest BCUT2D eigenvalue weighted by Crippen LogP contribution is -2.45. The van der Waals surface area contributed by atoms with Crippen LogP contribution in [0.4, 0.5) is 0 Å². The summed E-state index contributed by atoms with van der Waals surface area (Å²) in [4.78, 5) is 12.2. The molecule has 2 aliphatic rings. The summed E-state index contributed by atoms with van der Waals surface area (Å²) in [6, 6.07) is 0.0673. The molecule has 98 valence electrons. The molecular weight excluding hydrogens is 228 g/mol. The third-order valence-electron chi connectivity index (χ3n) is 4.51. The first-order valence-electron chi connectivity index (χ1n) is 6.66. The first-order valence-corrected chi connectivity index (χ1v) is 6.66. The molecule has 1 aromatic rings. The van der Waals surface area contributed by atoms with Crippen LogP contribution in [-0.4, -0.2) is 21.7 Å². The molecule has 5 heteroatoms. The van der Waals surface area contributed by atoms with Crippen LogP contribution in [0, 0.1) is 17.8 Å². The molecule has 18 heavy (non-hydrogen) atoms. The first-order chi connectivity index (χ1) is 8.65. The Hall–Kier alpha value is -1.36. The fraction of sp³-hybridized carbons (Fsp3) is 0.692. The van der Waals surface area contributed by atoms with Crippen LogP contribution < -0.4 is 11.1 Å². The molecule has 5 nitrogen and oxygen atoms in total. The molecule has 1 amide bonds. The highest BCUT2D eigenvalue weighted by atomic mass is 16.1. The smallest absolute Gasteiger partial charge is 0.225 e. The van der Waals surface area contributed by atoms with E-state index in [-0.39, 0.29) is 17.9 Å². The van der Waals surface area contributed by atoms with E-state index in [0.29, 0.717) is 18.4 Å². The van der Waals surface area contributed by atoms with Crippen molar-refractivity contribution in [3.63, 3.8) is 0 Å². The van der Waals surface area contributed by atoms with Crippen molar-refractivity contribution in [3.8, 4) is 0 Å². The molecule has 2 saturated carbocycles. The van der Waals surface area contributed by atoms with Crippen LogP contribution in [-0.2, 0) is 18.4 Å². The number of nitrogens with zero attached hydrogens (tertiary/aromatic N) is 2. The second-order valence-corrected chi connectivity index (χ2v) is 5.68. The molecule has 4 unspecified atom stereocenters. The maximum absolute atomic E-state index is 12.2. The van der Waals surface area contributed by atoms with Gasteiger partial charge in [-0.05, 0) is 31.1 Å². The number of fused-ring (bicyclic) bond motifs is 2. The van der Waals surface area contributed by atoms with Crippen molar-refractivity contribution in [3.05, 3.63) is 18.0 Å². The molecule has 1 aromatic heterocycles. The van der Waals surface area contributed by atoms with Crippen LogP contribution >= 0.6 is 0 Å². The maximum Gasteiger partial charge on any atom is 0.225 e. The van der Waals surface area contributed by atoms with E-state index in [1.165, 1.54) is 12.8 Å². The summed E-state index contributed by atoms with van der Waals surface area (Å²) >= 11 is 0. The van der Waals surface area contributed by atoms with Gasteiger partial charge in [-0.15, -0.1) is 0 Å². The van der Waals surface area contributed by atoms with Crippen molar-refractivity contribution in [2.45, 2.75) is 31.8 Å². The van der Waals surface area contributed by atoms with Gasteiger partial charge in [0, 0.05) is 31.4 Å². The summed E-state index contributed by atoms with van der Waals surface area (Å²) in [6.45, 7) is 0.549. The number of amides is 1. The van der Waals surface area contributed by atoms with Gasteiger partial charge in [0.1, 0.15) is 0 Å². The minimum atomic E-state index is 0.0282. The molecule has 4 atom stereocenters. The molecule has 2 bridgehead atoms. The monoisotopic (exact) mass is 248 g/mol. The SMILES string of the molecule is Cn1cc(CNC(=O)C2C3CCC(C3)C2N)cn1. The molecule has 3 N–H and O–H groups in total. The zero-order chi connectivity index (χ0) is 12.7. The number of nitrogens with one attached hydrogen (secondary N) is 1. The Morgan fingerprint density at radius 1 is 1.56 bits per heavy atom. The minimum Gasteiger partial charge on any atom is -0.352 e. The van der Waals surface area contributed by atoms with E-state index in [9.17, 15) is 4.79 Å². The fourth-order valence-corrected chi connectivity index (χ4v) is 3.60. The van der Waals surface area contributed by atoms with Crippen molar-refractivity contribution in [1.82, 2.24) is 15.1 Å². The molecule has 1 heterocycles. The van der Waals surface area contributed by atoms with Crippen LogP contribution in [0.3, 0.4) is 0 Å². The van der Waals surface area contributed by atoms with Crippen LogP contribution in [0.25, 0.3) is 0 Å². The normalized spacial score (nSPS) is 33.9. The van der Waals surface area contributed by atoms with Gasteiger partial charge in [0.2, 0.25) is 5.91 Å². The number of aryl methyl sites for hydroxylation is 1. The maximum atomic E-state index is 12.2. The number of nitrogens with two attached hydrogens (primary N) is 1. The van der Waals surface area contributed by atoms with Gasteiger partial charge in [0.05, 0.1) is 12.1 Å². The highest BCUT2D eigenvalue weighted by Crippen LogP contribution is 2.47. The Bertz CT molecular complexity index is 454. The van der Waals surface area contributed by atoms with Crippen molar-refractivity contribution in [2.75, 3.05) is 0 Å². The third-order valence-corrected chi connectivity index (χ3v) is 4.51. The van der Waals surface area contributed by atoms with E-state index >= 15 is 0 Å². The average Bonchev–Trinajstić information content (AvgIpc) is 3.02. The summed E-state index contributed by atoms with van der Waals surface area (Å²) in [5.74, 6) is 1.24. The summed E-state index contributed by atoms with van der Waals surface area (Å²) in [6.07, 6.45) is 7.22. The molecule has 0 radical (unpaired) electrons. The lowest BCUT2D eigenvalue weighted by Gasteiger charge is -2.26. The molecule has 0 spiro atoms. The van der Waals surface area contributed by atoms with Gasteiger partial charge >= 0.3 is 0 Å². The first kappa shape index (κ1) is 11.7. The topological polar surface area (TPSA) is 72.9 Å². The number of aromatic nitrogens is 2. The number of rotatable bonds is 3. The molecule has 2 aliphatic carbocycles. The minimum absolute atomic E-state index is 0.0282. The fourth-order valence-electron chi connectivity index (χ4n) is 3.60. The molecule has 0 aliphatic heterocycles. The third kappa shape index (κ3) is 1.92. The van der Waals surface area contributed by atoms with E-state index in [4.69, 9.17) is 5.73 Å². The predicted octanol–water partition coefficient (Wildman–Crippen LogP) is 0.410. The molecular formula is C13H20N4O. The van der Waals surface area contributed by atoms with Crippen molar-refractivity contribution < 1.29 is 4.79 Å². The lowest BCUT2D eigenvalue weighted by molar-refractivity contribution is -0.127. The van der Waals surface area contributed by atoms with Crippen LogP contribution in [0.15, 0.2) is 12.4 Å². The summed E-state index contributed by atoms with van der Waals surface area (Å²) in [7, 11) is 1.87. The Balaban J connectivity index is 1.59. The van der Waals surface area contributed by atoms with Gasteiger partial charge in [0.25, 0.3) is 0 Å².